The third-order valence-corrected chi connectivity index (χ3v) is 16.5. The number of para-hydroxylation sites is 2. The van der Waals surface area contributed by atoms with Crippen molar-refractivity contribution in [2.24, 2.45) is 0 Å². The quantitative estimate of drug-likeness (QED) is 0.137. The molecule has 412 valence electrons. The highest BCUT2D eigenvalue weighted by Gasteiger charge is 2.24. The molecule has 0 radical (unpaired) electrons. The normalized spacial score (nSPS) is 11.4. The highest BCUT2D eigenvalue weighted by atomic mass is 15.0. The zero-order chi connectivity index (χ0) is 58.3. The van der Waals surface area contributed by atoms with Gasteiger partial charge in [-0.1, -0.05) is 237 Å². The molecule has 86 heavy (non-hydrogen) atoms. The molecular formula is C80H62N6. The fourth-order valence-corrected chi connectivity index (χ4v) is 12.4. The highest BCUT2D eigenvalue weighted by Crippen LogP contribution is 2.44. The summed E-state index contributed by atoms with van der Waals surface area (Å²) in [5.74, 6) is 2.46. The highest BCUT2D eigenvalue weighted by molar-refractivity contribution is 6.13. The molecule has 0 N–H and O–H groups in total. The Bertz CT molecular complexity index is 4940. The van der Waals surface area contributed by atoms with Crippen molar-refractivity contribution in [2.75, 3.05) is 0 Å². The van der Waals surface area contributed by atoms with Crippen LogP contribution >= 0.6 is 0 Å². The van der Waals surface area contributed by atoms with Crippen LogP contribution < -0.4 is 0 Å². The van der Waals surface area contributed by atoms with Crippen molar-refractivity contribution in [3.63, 3.8) is 0 Å². The van der Waals surface area contributed by atoms with Gasteiger partial charge in [-0.15, -0.1) is 0 Å². The maximum atomic E-state index is 5.26. The predicted octanol–water partition coefficient (Wildman–Crippen LogP) is 20.9. The molecule has 15 rings (SSSR count). The van der Waals surface area contributed by atoms with E-state index < -0.39 is 0 Å². The van der Waals surface area contributed by atoms with Crippen LogP contribution in [0.2, 0.25) is 0 Å². The first-order valence-corrected chi connectivity index (χ1v) is 29.5. The van der Waals surface area contributed by atoms with E-state index in [2.05, 4.69) is 274 Å². The van der Waals surface area contributed by atoms with Crippen molar-refractivity contribution in [2.45, 2.75) is 40.5 Å². The summed E-state index contributed by atoms with van der Waals surface area (Å²) in [7, 11) is 0. The van der Waals surface area contributed by atoms with Gasteiger partial charge in [0.15, 0.2) is 17.5 Å². The molecule has 11 aromatic carbocycles. The maximum absolute atomic E-state index is 5.26. The predicted molar refractivity (Wildman–Crippen MR) is 359 cm³/mol. The Kier molecular flexibility index (Phi) is 14.1. The fraction of sp³-hybridized carbons (Fsp3) is 0.0750. The number of rotatable bonds is 10. The number of aryl methyl sites for hydroxylation is 3. The van der Waals surface area contributed by atoms with Crippen LogP contribution in [0, 0.1) is 20.8 Å². The van der Waals surface area contributed by atoms with E-state index in [9.17, 15) is 0 Å². The third-order valence-electron chi connectivity index (χ3n) is 16.5. The van der Waals surface area contributed by atoms with E-state index in [4.69, 9.17) is 19.9 Å². The number of pyridine rings is 1. The summed E-state index contributed by atoms with van der Waals surface area (Å²) in [6.45, 7) is 10.9. The molecule has 0 aliphatic carbocycles. The first kappa shape index (κ1) is 53.2. The maximum Gasteiger partial charge on any atom is 0.164 e. The zero-order valence-electron chi connectivity index (χ0n) is 48.8. The van der Waals surface area contributed by atoms with E-state index in [1.807, 2.05) is 48.7 Å². The summed E-state index contributed by atoms with van der Waals surface area (Å²) < 4.78 is 4.89. The lowest BCUT2D eigenvalue weighted by Gasteiger charge is -2.20. The molecule has 0 fully saturated rings. The second-order valence-corrected chi connectivity index (χ2v) is 22.6. The van der Waals surface area contributed by atoms with E-state index in [0.29, 0.717) is 23.4 Å². The van der Waals surface area contributed by atoms with E-state index in [1.165, 1.54) is 66.1 Å². The molecule has 0 saturated heterocycles. The van der Waals surface area contributed by atoms with Crippen LogP contribution in [0.3, 0.4) is 0 Å². The van der Waals surface area contributed by atoms with Gasteiger partial charge in [-0.25, -0.2) is 15.0 Å². The van der Waals surface area contributed by atoms with Gasteiger partial charge in [-0.3, -0.25) is 4.98 Å². The molecule has 4 heterocycles. The molecule has 4 aromatic heterocycles. The Morgan fingerprint density at radius 2 is 0.721 bits per heavy atom. The largest absolute Gasteiger partial charge is 0.309 e. The van der Waals surface area contributed by atoms with Gasteiger partial charge in [-0.05, 0) is 121 Å². The topological polar surface area (TPSA) is 61.4 Å². The van der Waals surface area contributed by atoms with Gasteiger partial charge in [-0.2, -0.15) is 0 Å². The Morgan fingerprint density at radius 1 is 0.302 bits per heavy atom. The average Bonchev–Trinajstić information content (AvgIpc) is 1.80. The lowest BCUT2D eigenvalue weighted by atomic mass is 9.96. The average molecular weight is 1110 g/mol. The summed E-state index contributed by atoms with van der Waals surface area (Å²) in [6.07, 6.45) is 1.87. The van der Waals surface area contributed by atoms with Crippen LogP contribution in [-0.2, 0) is 0 Å². The SMILES string of the molecule is Cc1cccc(-c2ccc3c(c2)c2ccccc2n3-c2cc(-c3ccccn3)ccc2-c2ccc(-c3nc(-c4ccccc4)nc(-c4ccccc4)n3)cc2-n2c3ccccc3c3cc(-c4cccc(C)c4)ccc32)c1.Cc1ccccc1C(C)C. The summed E-state index contributed by atoms with van der Waals surface area (Å²) in [5.41, 5.74) is 23.2. The van der Waals surface area contributed by atoms with Crippen molar-refractivity contribution in [3.8, 4) is 90.2 Å². The molecule has 0 aliphatic heterocycles. The van der Waals surface area contributed by atoms with Gasteiger partial charge in [0.1, 0.15) is 0 Å². The van der Waals surface area contributed by atoms with Gasteiger partial charge in [0.25, 0.3) is 0 Å². The van der Waals surface area contributed by atoms with E-state index in [0.717, 1.165) is 72.5 Å². The summed E-state index contributed by atoms with van der Waals surface area (Å²) in [6, 6.07) is 97.5. The molecule has 0 saturated carbocycles. The van der Waals surface area contributed by atoms with Gasteiger partial charge in [0.05, 0.1) is 39.1 Å². The van der Waals surface area contributed by atoms with Gasteiger partial charge in [0, 0.05) is 61.1 Å². The first-order valence-electron chi connectivity index (χ1n) is 29.5. The van der Waals surface area contributed by atoms with Crippen LogP contribution in [0.25, 0.3) is 134 Å². The van der Waals surface area contributed by atoms with Crippen LogP contribution in [0.4, 0.5) is 0 Å². The van der Waals surface area contributed by atoms with Gasteiger partial charge < -0.3 is 9.13 Å². The zero-order valence-corrected chi connectivity index (χ0v) is 48.8. The number of hydrogen-bond acceptors (Lipinski definition) is 4. The molecule has 0 spiro atoms. The first-order chi connectivity index (χ1) is 42.2. The summed E-state index contributed by atoms with van der Waals surface area (Å²) in [4.78, 5) is 20.5. The molecule has 0 amide bonds. The van der Waals surface area contributed by atoms with E-state index in [1.54, 1.807) is 0 Å². The second-order valence-electron chi connectivity index (χ2n) is 22.6. The monoisotopic (exact) mass is 1110 g/mol. The molecule has 15 aromatic rings. The van der Waals surface area contributed by atoms with Crippen LogP contribution in [0.1, 0.15) is 42.0 Å². The molecule has 0 aliphatic rings. The summed E-state index contributed by atoms with van der Waals surface area (Å²) in [5, 5.41) is 4.70. The lowest BCUT2D eigenvalue weighted by Crippen LogP contribution is -2.04. The van der Waals surface area contributed by atoms with Crippen molar-refractivity contribution in [1.29, 1.82) is 0 Å². The number of fused-ring (bicyclic) bond motifs is 6. The molecule has 6 heteroatoms. The van der Waals surface area contributed by atoms with Gasteiger partial charge >= 0.3 is 0 Å². The van der Waals surface area contributed by atoms with Crippen LogP contribution in [-0.4, -0.2) is 29.1 Å². The number of nitrogens with zero attached hydrogens (tertiary/aromatic N) is 6. The minimum Gasteiger partial charge on any atom is -0.309 e. The van der Waals surface area contributed by atoms with Crippen molar-refractivity contribution < 1.29 is 0 Å². The van der Waals surface area contributed by atoms with E-state index in [-0.39, 0.29) is 0 Å². The molecule has 0 bridgehead atoms. The van der Waals surface area contributed by atoms with Crippen LogP contribution in [0.5, 0.6) is 0 Å². The lowest BCUT2D eigenvalue weighted by molar-refractivity contribution is 0.856. The fourth-order valence-electron chi connectivity index (χ4n) is 12.4. The van der Waals surface area contributed by atoms with Gasteiger partial charge in [0.2, 0.25) is 0 Å². The summed E-state index contributed by atoms with van der Waals surface area (Å²) >= 11 is 0. The van der Waals surface area contributed by atoms with Crippen LogP contribution in [0.15, 0.2) is 279 Å². The number of hydrogen-bond donors (Lipinski definition) is 0. The minimum absolute atomic E-state index is 0.584. The number of benzene rings is 11. The smallest absolute Gasteiger partial charge is 0.164 e. The third kappa shape index (κ3) is 10.1. The number of aromatic nitrogens is 6. The standard InChI is InChI=1S/C70H48N6.C10H14/c1-45-17-15-23-49(39-45)51-32-36-64-59(41-51)55-25-9-11-28-62(55)75(64)66-43-53(61-27-13-14-38-71-61)30-34-57(66)58-35-31-54(70-73-68(47-19-5-3-6-20-47)72-69(74-70)48-21-7-4-8-22-48)44-67(58)76-63-29-12-10-26-56(63)60-42-52(33-37-65(60)76)50-24-16-18-46(2)40-50;1-8(2)10-7-5-4-6-9(10)3/h3-44H,1-2H3;4-8H,1-3H3. The Balaban J connectivity index is 0.000000596. The molecule has 6 nitrogen and oxygen atoms in total. The Hall–Kier alpha value is -10.8. The van der Waals surface area contributed by atoms with Crippen molar-refractivity contribution in [1.82, 2.24) is 29.1 Å². The minimum atomic E-state index is 0.584. The molecular weight excluding hydrogens is 1040 g/mol. The van der Waals surface area contributed by atoms with E-state index >= 15 is 0 Å². The van der Waals surface area contributed by atoms with Crippen molar-refractivity contribution in [3.05, 3.63) is 301 Å². The van der Waals surface area contributed by atoms with Crippen molar-refractivity contribution >= 4 is 43.6 Å². The molecule has 0 unspecified atom stereocenters. The Morgan fingerprint density at radius 3 is 1.21 bits per heavy atom. The second kappa shape index (κ2) is 22.7. The molecule has 0 atom stereocenters. The Labute approximate surface area is 502 Å².